The van der Waals surface area contributed by atoms with Crippen LogP contribution in [-0.2, 0) is 15.6 Å². The van der Waals surface area contributed by atoms with Crippen LogP contribution in [-0.4, -0.2) is 39.1 Å². The summed E-state index contributed by atoms with van der Waals surface area (Å²) >= 11 is 1.65. The number of hydrogen-bond donors (Lipinski definition) is 1. The van der Waals surface area contributed by atoms with E-state index < -0.39 is 10.8 Å². The van der Waals surface area contributed by atoms with E-state index in [1.807, 2.05) is 29.3 Å². The Hall–Kier alpha value is -0.720. The summed E-state index contributed by atoms with van der Waals surface area (Å²) < 4.78 is 11.6. The number of nitrogens with zero attached hydrogens (tertiary/aromatic N) is 1. The van der Waals surface area contributed by atoms with Crippen molar-refractivity contribution in [3.05, 3.63) is 22.4 Å². The first kappa shape index (κ1) is 15.7. The summed E-state index contributed by atoms with van der Waals surface area (Å²) in [6, 6.07) is 3.96. The summed E-state index contributed by atoms with van der Waals surface area (Å²) in [6.07, 6.45) is 1.79. The molecule has 0 aliphatic carbocycles. The third-order valence-corrected chi connectivity index (χ3v) is 5.73. The minimum atomic E-state index is -0.833. The molecule has 1 aliphatic heterocycles. The Morgan fingerprint density at radius 1 is 1.45 bits per heavy atom. The van der Waals surface area contributed by atoms with Crippen LogP contribution in [0.3, 0.4) is 0 Å². The topological polar surface area (TPSA) is 49.4 Å². The van der Waals surface area contributed by atoms with Crippen LogP contribution >= 0.6 is 11.3 Å². The van der Waals surface area contributed by atoms with E-state index in [1.165, 1.54) is 0 Å². The monoisotopic (exact) mass is 314 g/mol. The Kier molecular flexibility index (Phi) is 5.74. The molecule has 3 atom stereocenters. The molecule has 1 aliphatic rings. The van der Waals surface area contributed by atoms with E-state index in [0.717, 1.165) is 17.7 Å². The number of hydrogen-bond acceptors (Lipinski definition) is 4. The Bertz CT molecular complexity index is 462. The molecule has 1 fully saturated rings. The summed E-state index contributed by atoms with van der Waals surface area (Å²) in [5, 5.41) is 5.45. The van der Waals surface area contributed by atoms with Gasteiger partial charge in [-0.3, -0.25) is 14.3 Å². The molecule has 1 amide bonds. The zero-order valence-electron chi connectivity index (χ0n) is 12.0. The van der Waals surface area contributed by atoms with Gasteiger partial charge in [0.05, 0.1) is 6.04 Å². The fourth-order valence-corrected chi connectivity index (χ4v) is 3.93. The van der Waals surface area contributed by atoms with Gasteiger partial charge in [0.2, 0.25) is 5.91 Å². The van der Waals surface area contributed by atoms with Crippen molar-refractivity contribution in [3.63, 3.8) is 0 Å². The highest BCUT2D eigenvalue weighted by Crippen LogP contribution is 2.29. The first-order chi connectivity index (χ1) is 9.67. The molecule has 2 heterocycles. The summed E-state index contributed by atoms with van der Waals surface area (Å²) in [5.41, 5.74) is 0. The molecular formula is C14H22N2O2S2. The summed E-state index contributed by atoms with van der Waals surface area (Å²) in [7, 11) is -0.833. The van der Waals surface area contributed by atoms with E-state index in [1.54, 1.807) is 11.3 Å². The molecular weight excluding hydrogens is 292 g/mol. The third kappa shape index (κ3) is 3.48. The lowest BCUT2D eigenvalue weighted by Gasteiger charge is -2.23. The molecule has 20 heavy (non-hydrogen) atoms. The van der Waals surface area contributed by atoms with Gasteiger partial charge in [0.15, 0.2) is 0 Å². The molecule has 0 spiro atoms. The second kappa shape index (κ2) is 7.33. The highest BCUT2D eigenvalue weighted by atomic mass is 32.2. The maximum absolute atomic E-state index is 12.5. The molecule has 0 bridgehead atoms. The zero-order valence-corrected chi connectivity index (χ0v) is 13.6. The highest BCUT2D eigenvalue weighted by molar-refractivity contribution is 7.84. The van der Waals surface area contributed by atoms with Crippen molar-refractivity contribution in [2.45, 2.75) is 38.9 Å². The van der Waals surface area contributed by atoms with Crippen LogP contribution in [0.15, 0.2) is 17.5 Å². The van der Waals surface area contributed by atoms with Crippen molar-refractivity contribution in [3.8, 4) is 0 Å². The first-order valence-corrected chi connectivity index (χ1v) is 9.49. The van der Waals surface area contributed by atoms with Gasteiger partial charge in [-0.25, -0.2) is 0 Å². The molecule has 1 N–H and O–H groups in total. The van der Waals surface area contributed by atoms with E-state index in [0.29, 0.717) is 18.1 Å². The predicted molar refractivity (Wildman–Crippen MR) is 84.2 cm³/mol. The number of carbonyl (C=O) groups excluding carboxylic acids is 1. The Morgan fingerprint density at radius 2 is 2.25 bits per heavy atom. The van der Waals surface area contributed by atoms with Gasteiger partial charge in [-0.1, -0.05) is 26.3 Å². The van der Waals surface area contributed by atoms with Crippen LogP contribution in [0.2, 0.25) is 0 Å². The SMILES string of the molecule is CCCC1NC(c2cccs2)N(CCS(=O)CC)C1=O. The van der Waals surface area contributed by atoms with Gasteiger partial charge in [0, 0.05) is 33.7 Å². The summed E-state index contributed by atoms with van der Waals surface area (Å²) in [6.45, 7) is 4.57. The minimum absolute atomic E-state index is 0.0482. The summed E-state index contributed by atoms with van der Waals surface area (Å²) in [5.74, 6) is 1.36. The van der Waals surface area contributed by atoms with Crippen LogP contribution in [0.1, 0.15) is 37.7 Å². The highest BCUT2D eigenvalue weighted by Gasteiger charge is 2.39. The van der Waals surface area contributed by atoms with E-state index >= 15 is 0 Å². The van der Waals surface area contributed by atoms with Gasteiger partial charge in [-0.2, -0.15) is 0 Å². The molecule has 1 aromatic rings. The van der Waals surface area contributed by atoms with Crippen molar-refractivity contribution in [1.29, 1.82) is 0 Å². The number of carbonyl (C=O) groups is 1. The van der Waals surface area contributed by atoms with Crippen LogP contribution in [0.5, 0.6) is 0 Å². The van der Waals surface area contributed by atoms with Crippen molar-refractivity contribution in [1.82, 2.24) is 10.2 Å². The van der Waals surface area contributed by atoms with Crippen LogP contribution in [0.4, 0.5) is 0 Å². The molecule has 2 rings (SSSR count). The molecule has 0 saturated carbocycles. The molecule has 0 aromatic carbocycles. The Morgan fingerprint density at radius 3 is 2.85 bits per heavy atom. The Balaban J connectivity index is 2.10. The zero-order chi connectivity index (χ0) is 14.5. The first-order valence-electron chi connectivity index (χ1n) is 7.12. The molecule has 112 valence electrons. The number of rotatable bonds is 7. The standard InChI is InChI=1S/C14H22N2O2S2/c1-3-6-11-14(17)16(8-10-20(18)4-2)13(15-11)12-7-5-9-19-12/h5,7,9,11,13,15H,3-4,6,8,10H2,1-2H3. The van der Waals surface area contributed by atoms with Crippen LogP contribution in [0, 0.1) is 0 Å². The van der Waals surface area contributed by atoms with Crippen molar-refractivity contribution >= 4 is 28.0 Å². The van der Waals surface area contributed by atoms with E-state index in [-0.39, 0.29) is 18.1 Å². The third-order valence-electron chi connectivity index (χ3n) is 3.52. The molecule has 3 unspecified atom stereocenters. The van der Waals surface area contributed by atoms with Gasteiger partial charge in [0.1, 0.15) is 6.17 Å². The van der Waals surface area contributed by atoms with Crippen LogP contribution in [0.25, 0.3) is 0 Å². The second-order valence-electron chi connectivity index (χ2n) is 4.89. The minimum Gasteiger partial charge on any atom is -0.320 e. The van der Waals surface area contributed by atoms with Gasteiger partial charge in [-0.15, -0.1) is 11.3 Å². The quantitative estimate of drug-likeness (QED) is 0.838. The number of nitrogens with one attached hydrogen (secondary N) is 1. The largest absolute Gasteiger partial charge is 0.320 e. The van der Waals surface area contributed by atoms with Gasteiger partial charge >= 0.3 is 0 Å². The molecule has 0 radical (unpaired) electrons. The molecule has 1 aromatic heterocycles. The summed E-state index contributed by atoms with van der Waals surface area (Å²) in [4.78, 5) is 15.5. The fraction of sp³-hybridized carbons (Fsp3) is 0.643. The lowest BCUT2D eigenvalue weighted by atomic mass is 10.2. The van der Waals surface area contributed by atoms with Crippen molar-refractivity contribution in [2.75, 3.05) is 18.1 Å². The predicted octanol–water partition coefficient (Wildman–Crippen LogP) is 2.12. The molecule has 4 nitrogen and oxygen atoms in total. The second-order valence-corrected chi connectivity index (χ2v) is 7.73. The molecule has 1 saturated heterocycles. The lowest BCUT2D eigenvalue weighted by molar-refractivity contribution is -0.129. The average molecular weight is 314 g/mol. The Labute approximate surface area is 127 Å². The van der Waals surface area contributed by atoms with Gasteiger partial charge in [-0.05, 0) is 17.9 Å². The van der Waals surface area contributed by atoms with E-state index in [4.69, 9.17) is 0 Å². The maximum atomic E-state index is 12.5. The molecule has 6 heteroatoms. The lowest BCUT2D eigenvalue weighted by Crippen LogP contribution is -2.34. The van der Waals surface area contributed by atoms with Crippen molar-refractivity contribution < 1.29 is 9.00 Å². The smallest absolute Gasteiger partial charge is 0.241 e. The number of thiophene rings is 1. The fourth-order valence-electron chi connectivity index (χ4n) is 2.44. The van der Waals surface area contributed by atoms with Gasteiger partial charge in [0.25, 0.3) is 0 Å². The van der Waals surface area contributed by atoms with E-state index in [2.05, 4.69) is 12.2 Å². The van der Waals surface area contributed by atoms with Crippen LogP contribution < -0.4 is 5.32 Å². The average Bonchev–Trinajstić information content (AvgIpc) is 3.06. The van der Waals surface area contributed by atoms with E-state index in [9.17, 15) is 9.00 Å². The maximum Gasteiger partial charge on any atom is 0.241 e. The van der Waals surface area contributed by atoms with Gasteiger partial charge < -0.3 is 4.90 Å². The van der Waals surface area contributed by atoms with Crippen molar-refractivity contribution in [2.24, 2.45) is 0 Å². The normalized spacial score (nSPS) is 24.3. The number of amides is 1.